The Labute approximate surface area is 129 Å². The molecule has 0 spiro atoms. The van der Waals surface area contributed by atoms with Gasteiger partial charge in [0, 0.05) is 37.0 Å². The number of rotatable bonds is 6. The Morgan fingerprint density at radius 3 is 2.64 bits per heavy atom. The van der Waals surface area contributed by atoms with E-state index in [1.165, 1.54) is 10.4 Å². The van der Waals surface area contributed by atoms with Crippen LogP contribution in [0.1, 0.15) is 5.56 Å². The second kappa shape index (κ2) is 7.03. The number of benzene rings is 1. The van der Waals surface area contributed by atoms with Crippen LogP contribution in [0.15, 0.2) is 18.2 Å². The van der Waals surface area contributed by atoms with E-state index in [1.54, 1.807) is 19.1 Å². The smallest absolute Gasteiger partial charge is 0.272 e. The van der Waals surface area contributed by atoms with E-state index < -0.39 is 14.9 Å². The van der Waals surface area contributed by atoms with Crippen molar-refractivity contribution in [1.82, 2.24) is 4.31 Å². The molecule has 0 bridgehead atoms. The highest BCUT2D eigenvalue weighted by Gasteiger charge is 2.23. The highest BCUT2D eigenvalue weighted by molar-refractivity contribution is 7.89. The Morgan fingerprint density at radius 1 is 1.36 bits per heavy atom. The fourth-order valence-electron chi connectivity index (χ4n) is 2.25. The summed E-state index contributed by atoms with van der Waals surface area (Å²) in [6.07, 6.45) is 0. The number of hydrogen-bond acceptors (Lipinski definition) is 6. The summed E-state index contributed by atoms with van der Waals surface area (Å²) in [6, 6.07) is 4.63. The molecule has 1 aliphatic heterocycles. The van der Waals surface area contributed by atoms with Crippen LogP contribution in [0.5, 0.6) is 0 Å². The summed E-state index contributed by atoms with van der Waals surface area (Å²) in [5, 5.41) is 13.7. The van der Waals surface area contributed by atoms with Crippen LogP contribution in [0, 0.1) is 17.0 Å². The zero-order valence-corrected chi connectivity index (χ0v) is 13.1. The first-order chi connectivity index (χ1) is 10.4. The van der Waals surface area contributed by atoms with Crippen LogP contribution < -0.4 is 5.32 Å². The second-order valence-corrected chi connectivity index (χ2v) is 7.10. The monoisotopic (exact) mass is 329 g/mol. The van der Waals surface area contributed by atoms with Crippen molar-refractivity contribution in [1.29, 1.82) is 0 Å². The molecule has 0 saturated carbocycles. The Morgan fingerprint density at radius 2 is 2.05 bits per heavy atom. The third-order valence-electron chi connectivity index (χ3n) is 3.45. The lowest BCUT2D eigenvalue weighted by Gasteiger charge is -2.26. The van der Waals surface area contributed by atoms with Crippen molar-refractivity contribution in [2.45, 2.75) is 6.92 Å². The van der Waals surface area contributed by atoms with Crippen LogP contribution >= 0.6 is 0 Å². The van der Waals surface area contributed by atoms with Gasteiger partial charge in [-0.15, -0.1) is 0 Å². The van der Waals surface area contributed by atoms with Gasteiger partial charge in [0.25, 0.3) is 5.69 Å². The average molecular weight is 329 g/mol. The predicted molar refractivity (Wildman–Crippen MR) is 82.5 cm³/mol. The van der Waals surface area contributed by atoms with Gasteiger partial charge in [-0.2, -0.15) is 4.31 Å². The molecule has 1 aromatic rings. The number of hydrogen-bond donors (Lipinski definition) is 1. The molecule has 0 unspecified atom stereocenters. The third-order valence-corrected chi connectivity index (χ3v) is 5.32. The highest BCUT2D eigenvalue weighted by atomic mass is 32.2. The molecule has 122 valence electrons. The van der Waals surface area contributed by atoms with Gasteiger partial charge in [0.15, 0.2) is 0 Å². The molecule has 0 aliphatic carbocycles. The van der Waals surface area contributed by atoms with Gasteiger partial charge in [-0.3, -0.25) is 10.1 Å². The predicted octanol–water partition coefficient (Wildman–Crippen LogP) is 0.977. The Bertz CT molecular complexity index is 641. The minimum absolute atomic E-state index is 0.0248. The second-order valence-electron chi connectivity index (χ2n) is 5.01. The van der Waals surface area contributed by atoms with Gasteiger partial charge >= 0.3 is 0 Å². The number of ether oxygens (including phenoxy) is 1. The van der Waals surface area contributed by atoms with Crippen LogP contribution in [0.25, 0.3) is 0 Å². The van der Waals surface area contributed by atoms with E-state index in [0.717, 1.165) is 0 Å². The summed E-state index contributed by atoms with van der Waals surface area (Å²) in [5.41, 5.74) is 1.25. The van der Waals surface area contributed by atoms with Crippen molar-refractivity contribution in [2.24, 2.45) is 0 Å². The third kappa shape index (κ3) is 4.15. The van der Waals surface area contributed by atoms with Gasteiger partial charge in [-0.05, 0) is 19.1 Å². The Hall–Kier alpha value is -1.71. The zero-order valence-electron chi connectivity index (χ0n) is 12.3. The summed E-state index contributed by atoms with van der Waals surface area (Å²) in [5.74, 6) is -0.0248. The van der Waals surface area contributed by atoms with Crippen LogP contribution in [0.2, 0.25) is 0 Å². The molecule has 8 nitrogen and oxygen atoms in total. The number of anilines is 1. The molecule has 0 radical (unpaired) electrons. The molecular formula is C13H19N3O5S. The maximum absolute atomic E-state index is 12.1. The number of sulfonamides is 1. The highest BCUT2D eigenvalue weighted by Crippen LogP contribution is 2.21. The average Bonchev–Trinajstić information content (AvgIpc) is 2.47. The molecule has 1 aliphatic rings. The first kappa shape index (κ1) is 16.7. The molecule has 0 amide bonds. The zero-order chi connectivity index (χ0) is 16.2. The largest absolute Gasteiger partial charge is 0.384 e. The number of morpholine rings is 1. The first-order valence-electron chi connectivity index (χ1n) is 6.94. The lowest BCUT2D eigenvalue weighted by molar-refractivity contribution is -0.385. The Balaban J connectivity index is 1.90. The normalized spacial score (nSPS) is 16.4. The molecule has 2 rings (SSSR count). The number of nitro groups is 1. The minimum Gasteiger partial charge on any atom is -0.384 e. The molecule has 1 N–H and O–H groups in total. The van der Waals surface area contributed by atoms with E-state index in [2.05, 4.69) is 5.32 Å². The maximum atomic E-state index is 12.1. The van der Waals surface area contributed by atoms with Crippen molar-refractivity contribution in [3.8, 4) is 0 Å². The van der Waals surface area contributed by atoms with Crippen LogP contribution in [-0.2, 0) is 14.8 Å². The van der Waals surface area contributed by atoms with E-state index in [9.17, 15) is 18.5 Å². The van der Waals surface area contributed by atoms with E-state index in [4.69, 9.17) is 4.74 Å². The van der Waals surface area contributed by atoms with Gasteiger partial charge in [-0.1, -0.05) is 0 Å². The van der Waals surface area contributed by atoms with E-state index in [1.807, 2.05) is 0 Å². The van der Waals surface area contributed by atoms with Crippen molar-refractivity contribution >= 4 is 21.4 Å². The number of nitro benzene ring substituents is 1. The summed E-state index contributed by atoms with van der Waals surface area (Å²) in [4.78, 5) is 10.3. The molecule has 22 heavy (non-hydrogen) atoms. The van der Waals surface area contributed by atoms with Gasteiger partial charge in [-0.25, -0.2) is 8.42 Å². The van der Waals surface area contributed by atoms with Crippen LogP contribution in [0.4, 0.5) is 11.4 Å². The topological polar surface area (TPSA) is 102 Å². The first-order valence-corrected chi connectivity index (χ1v) is 8.55. The fraction of sp³-hybridized carbons (Fsp3) is 0.538. The quantitative estimate of drug-likeness (QED) is 0.616. The number of nitrogens with zero attached hydrogens (tertiary/aromatic N) is 2. The number of aryl methyl sites for hydroxylation is 1. The molecule has 1 aromatic carbocycles. The minimum atomic E-state index is -3.30. The standard InChI is InChI=1S/C13H19N3O5S/c1-11-10-12(2-3-13(11)16(17)18)14-4-9-22(19,20)15-5-7-21-8-6-15/h2-3,10,14H,4-9H2,1H3. The van der Waals surface area contributed by atoms with Gasteiger partial charge in [0.2, 0.25) is 10.0 Å². The van der Waals surface area contributed by atoms with Gasteiger partial charge in [0.05, 0.1) is 23.9 Å². The molecular weight excluding hydrogens is 310 g/mol. The molecule has 1 fully saturated rings. The van der Waals surface area contributed by atoms with E-state index in [0.29, 0.717) is 37.6 Å². The maximum Gasteiger partial charge on any atom is 0.272 e. The van der Waals surface area contributed by atoms with Crippen molar-refractivity contribution in [3.05, 3.63) is 33.9 Å². The lowest BCUT2D eigenvalue weighted by Crippen LogP contribution is -2.42. The molecule has 0 aromatic heterocycles. The van der Waals surface area contributed by atoms with E-state index >= 15 is 0 Å². The van der Waals surface area contributed by atoms with Crippen molar-refractivity contribution in [3.63, 3.8) is 0 Å². The number of nitrogens with one attached hydrogen (secondary N) is 1. The fourth-order valence-corrected chi connectivity index (χ4v) is 3.57. The molecule has 9 heteroatoms. The Kier molecular flexibility index (Phi) is 5.33. The summed E-state index contributed by atoms with van der Waals surface area (Å²) in [6.45, 7) is 3.52. The SMILES string of the molecule is Cc1cc(NCCS(=O)(=O)N2CCOCC2)ccc1[N+](=O)[O-]. The van der Waals surface area contributed by atoms with Crippen molar-refractivity contribution in [2.75, 3.05) is 43.9 Å². The van der Waals surface area contributed by atoms with Gasteiger partial charge in [0.1, 0.15) is 0 Å². The van der Waals surface area contributed by atoms with Crippen molar-refractivity contribution < 1.29 is 18.1 Å². The molecule has 1 saturated heterocycles. The molecule has 0 atom stereocenters. The van der Waals surface area contributed by atoms with Crippen LogP contribution in [-0.4, -0.2) is 56.2 Å². The molecule has 1 heterocycles. The summed E-state index contributed by atoms with van der Waals surface area (Å²) in [7, 11) is -3.30. The van der Waals surface area contributed by atoms with E-state index in [-0.39, 0.29) is 18.0 Å². The van der Waals surface area contributed by atoms with Gasteiger partial charge < -0.3 is 10.1 Å². The summed E-state index contributed by atoms with van der Waals surface area (Å²) >= 11 is 0. The lowest BCUT2D eigenvalue weighted by atomic mass is 10.2. The van der Waals surface area contributed by atoms with Crippen LogP contribution in [0.3, 0.4) is 0 Å². The summed E-state index contributed by atoms with van der Waals surface area (Å²) < 4.78 is 30.8.